The summed E-state index contributed by atoms with van der Waals surface area (Å²) in [6.07, 6.45) is 1.98. The van der Waals surface area contributed by atoms with Crippen LogP contribution in [0, 0.1) is 0 Å². The molecule has 0 saturated carbocycles. The van der Waals surface area contributed by atoms with Gasteiger partial charge in [-0.15, -0.1) is 0 Å². The summed E-state index contributed by atoms with van der Waals surface area (Å²) in [5.41, 5.74) is 1.23. The van der Waals surface area contributed by atoms with Crippen molar-refractivity contribution in [2.24, 2.45) is 0 Å². The fourth-order valence-corrected chi connectivity index (χ4v) is 1.96. The van der Waals surface area contributed by atoms with E-state index in [1.807, 2.05) is 12.1 Å². The van der Waals surface area contributed by atoms with Crippen LogP contribution in [0.1, 0.15) is 38.3 Å². The van der Waals surface area contributed by atoms with Crippen LogP contribution in [-0.4, -0.2) is 26.9 Å². The zero-order valence-electron chi connectivity index (χ0n) is 11.7. The summed E-state index contributed by atoms with van der Waals surface area (Å²) in [7, 11) is 1.74. The third kappa shape index (κ3) is 4.67. The van der Waals surface area contributed by atoms with E-state index in [0.717, 1.165) is 38.3 Å². The summed E-state index contributed by atoms with van der Waals surface area (Å²) in [5, 5.41) is 3.49. The average Bonchev–Trinajstić information content (AvgIpc) is 2.41. The molecule has 0 aliphatic rings. The first kappa shape index (κ1) is 15.0. The first-order chi connectivity index (χ1) is 8.83. The Morgan fingerprint density at radius 3 is 2.61 bits per heavy atom. The highest BCUT2D eigenvalue weighted by molar-refractivity contribution is 5.36. The second-order valence-corrected chi connectivity index (χ2v) is 4.28. The number of rotatable bonds is 9. The number of para-hydroxylation sites is 1. The van der Waals surface area contributed by atoms with Crippen LogP contribution in [0.3, 0.4) is 0 Å². The van der Waals surface area contributed by atoms with Crippen molar-refractivity contribution >= 4 is 0 Å². The molecular formula is C15H25NO2. The quantitative estimate of drug-likeness (QED) is 0.731. The van der Waals surface area contributed by atoms with Gasteiger partial charge in [0.1, 0.15) is 5.75 Å². The predicted molar refractivity (Wildman–Crippen MR) is 75.1 cm³/mol. The predicted octanol–water partition coefficient (Wildman–Crippen LogP) is 3.16. The third-order valence-corrected chi connectivity index (χ3v) is 2.82. The third-order valence-electron chi connectivity index (χ3n) is 2.82. The number of ether oxygens (including phenoxy) is 2. The van der Waals surface area contributed by atoms with E-state index >= 15 is 0 Å². The molecule has 0 aliphatic heterocycles. The molecule has 1 unspecified atom stereocenters. The average molecular weight is 251 g/mol. The maximum Gasteiger partial charge on any atom is 0.124 e. The van der Waals surface area contributed by atoms with Gasteiger partial charge in [0, 0.05) is 25.3 Å². The summed E-state index contributed by atoms with van der Waals surface area (Å²) in [6.45, 7) is 6.70. The van der Waals surface area contributed by atoms with Gasteiger partial charge in [0.25, 0.3) is 0 Å². The Balaban J connectivity index is 2.80. The van der Waals surface area contributed by atoms with Crippen LogP contribution in [0.25, 0.3) is 0 Å². The molecule has 0 aromatic heterocycles. The van der Waals surface area contributed by atoms with Crippen molar-refractivity contribution in [1.82, 2.24) is 5.32 Å². The van der Waals surface area contributed by atoms with Crippen molar-refractivity contribution in [3.63, 3.8) is 0 Å². The van der Waals surface area contributed by atoms with Crippen molar-refractivity contribution in [2.75, 3.05) is 26.9 Å². The Hall–Kier alpha value is -1.06. The van der Waals surface area contributed by atoms with E-state index in [4.69, 9.17) is 9.47 Å². The molecule has 0 aliphatic carbocycles. The SMILES string of the molecule is CCCOc1ccccc1C(CCOC)NCC. The maximum absolute atomic E-state index is 5.81. The van der Waals surface area contributed by atoms with Gasteiger partial charge in [-0.1, -0.05) is 32.0 Å². The molecule has 3 nitrogen and oxygen atoms in total. The zero-order chi connectivity index (χ0) is 13.2. The number of hydrogen-bond acceptors (Lipinski definition) is 3. The van der Waals surface area contributed by atoms with Gasteiger partial charge in [-0.05, 0) is 25.5 Å². The minimum absolute atomic E-state index is 0.294. The first-order valence-corrected chi connectivity index (χ1v) is 6.77. The zero-order valence-corrected chi connectivity index (χ0v) is 11.7. The van der Waals surface area contributed by atoms with Crippen LogP contribution >= 0.6 is 0 Å². The van der Waals surface area contributed by atoms with Crippen molar-refractivity contribution in [3.8, 4) is 5.75 Å². The maximum atomic E-state index is 5.81. The molecule has 0 bridgehead atoms. The highest BCUT2D eigenvalue weighted by Crippen LogP contribution is 2.27. The van der Waals surface area contributed by atoms with Crippen molar-refractivity contribution < 1.29 is 9.47 Å². The molecule has 3 heteroatoms. The minimum atomic E-state index is 0.294. The van der Waals surface area contributed by atoms with Crippen LogP contribution in [-0.2, 0) is 4.74 Å². The normalized spacial score (nSPS) is 12.4. The standard InChI is InChI=1S/C15H25NO2/c1-4-11-18-15-9-7-6-8-13(15)14(16-5-2)10-12-17-3/h6-9,14,16H,4-5,10-12H2,1-3H3. The monoisotopic (exact) mass is 251 g/mol. The largest absolute Gasteiger partial charge is 0.493 e. The molecule has 1 atom stereocenters. The van der Waals surface area contributed by atoms with Crippen LogP contribution < -0.4 is 10.1 Å². The van der Waals surface area contributed by atoms with Crippen LogP contribution in [0.4, 0.5) is 0 Å². The van der Waals surface area contributed by atoms with Crippen molar-refractivity contribution in [1.29, 1.82) is 0 Å². The van der Waals surface area contributed by atoms with Gasteiger partial charge in [-0.2, -0.15) is 0 Å². The molecule has 0 spiro atoms. The number of benzene rings is 1. The minimum Gasteiger partial charge on any atom is -0.493 e. The highest BCUT2D eigenvalue weighted by Gasteiger charge is 2.14. The van der Waals surface area contributed by atoms with Gasteiger partial charge >= 0.3 is 0 Å². The van der Waals surface area contributed by atoms with Gasteiger partial charge in [0.15, 0.2) is 0 Å². The Morgan fingerprint density at radius 2 is 1.94 bits per heavy atom. The lowest BCUT2D eigenvalue weighted by atomic mass is 10.0. The van der Waals surface area contributed by atoms with Gasteiger partial charge in [0.05, 0.1) is 6.61 Å². The molecule has 1 N–H and O–H groups in total. The van der Waals surface area contributed by atoms with E-state index in [1.54, 1.807) is 7.11 Å². The molecule has 1 rings (SSSR count). The molecule has 1 aromatic carbocycles. The molecule has 0 amide bonds. The lowest BCUT2D eigenvalue weighted by molar-refractivity contribution is 0.182. The molecule has 18 heavy (non-hydrogen) atoms. The molecule has 0 fully saturated rings. The number of nitrogens with one attached hydrogen (secondary N) is 1. The summed E-state index contributed by atoms with van der Waals surface area (Å²) in [4.78, 5) is 0. The lowest BCUT2D eigenvalue weighted by Gasteiger charge is -2.21. The van der Waals surface area contributed by atoms with E-state index in [0.29, 0.717) is 6.04 Å². The second kappa shape index (κ2) is 8.95. The van der Waals surface area contributed by atoms with Gasteiger partial charge in [0.2, 0.25) is 0 Å². The van der Waals surface area contributed by atoms with Crippen LogP contribution in [0.2, 0.25) is 0 Å². The summed E-state index contributed by atoms with van der Waals surface area (Å²) in [6, 6.07) is 8.55. The molecular weight excluding hydrogens is 226 g/mol. The Kier molecular flexibility index (Phi) is 7.46. The molecule has 0 saturated heterocycles. The van der Waals surface area contributed by atoms with Crippen LogP contribution in [0.5, 0.6) is 5.75 Å². The van der Waals surface area contributed by atoms with Gasteiger partial charge in [-0.3, -0.25) is 0 Å². The first-order valence-electron chi connectivity index (χ1n) is 6.77. The molecule has 0 heterocycles. The fourth-order valence-electron chi connectivity index (χ4n) is 1.96. The second-order valence-electron chi connectivity index (χ2n) is 4.28. The van der Waals surface area contributed by atoms with E-state index in [2.05, 4.69) is 31.3 Å². The lowest BCUT2D eigenvalue weighted by Crippen LogP contribution is -2.23. The van der Waals surface area contributed by atoms with Crippen molar-refractivity contribution in [2.45, 2.75) is 32.7 Å². The van der Waals surface area contributed by atoms with E-state index in [-0.39, 0.29) is 0 Å². The topological polar surface area (TPSA) is 30.5 Å². The molecule has 0 radical (unpaired) electrons. The Morgan fingerprint density at radius 1 is 1.17 bits per heavy atom. The fraction of sp³-hybridized carbons (Fsp3) is 0.600. The Labute approximate surface area is 110 Å². The summed E-state index contributed by atoms with van der Waals surface area (Å²) >= 11 is 0. The van der Waals surface area contributed by atoms with E-state index < -0.39 is 0 Å². The van der Waals surface area contributed by atoms with E-state index in [1.165, 1.54) is 5.56 Å². The molecule has 1 aromatic rings. The number of hydrogen-bond donors (Lipinski definition) is 1. The van der Waals surface area contributed by atoms with Crippen molar-refractivity contribution in [3.05, 3.63) is 29.8 Å². The highest BCUT2D eigenvalue weighted by atomic mass is 16.5. The van der Waals surface area contributed by atoms with Gasteiger partial charge in [-0.25, -0.2) is 0 Å². The Bertz CT molecular complexity index is 328. The van der Waals surface area contributed by atoms with Gasteiger partial charge < -0.3 is 14.8 Å². The number of methoxy groups -OCH3 is 1. The van der Waals surface area contributed by atoms with E-state index in [9.17, 15) is 0 Å². The summed E-state index contributed by atoms with van der Waals surface area (Å²) < 4.78 is 11.0. The summed E-state index contributed by atoms with van der Waals surface area (Å²) in [5.74, 6) is 0.987. The molecule has 102 valence electrons. The smallest absolute Gasteiger partial charge is 0.124 e. The van der Waals surface area contributed by atoms with Crippen LogP contribution in [0.15, 0.2) is 24.3 Å².